The van der Waals surface area contributed by atoms with E-state index in [-0.39, 0.29) is 72.1 Å². The van der Waals surface area contributed by atoms with Crippen LogP contribution in [0.5, 0.6) is 0 Å². The number of hydrogen-bond acceptors (Lipinski definition) is 6. The smallest absolute Gasteiger partial charge is 0.383 e. The van der Waals surface area contributed by atoms with Crippen LogP contribution in [0, 0.1) is 17.5 Å². The van der Waals surface area contributed by atoms with Crippen molar-refractivity contribution < 1.29 is 35.9 Å². The SMILES string of the molecule is C=CC(=O)N1CCN(c2nc(=O)n3c4c(c(-c5cc(F)c(F)cc5F)c(C(F)(F)F)cc24)SCC3COC)CC1. The molecular weight excluding hydrogens is 562 g/mol. The molecule has 0 N–H and O–H groups in total. The van der Waals surface area contributed by atoms with Crippen LogP contribution in [0.2, 0.25) is 0 Å². The Morgan fingerprint density at radius 3 is 2.42 bits per heavy atom. The third kappa shape index (κ3) is 4.72. The summed E-state index contributed by atoms with van der Waals surface area (Å²) in [4.78, 5) is 32.6. The molecule has 212 valence electrons. The Hall–Kier alpha value is -3.52. The second-order valence-corrected chi connectivity index (χ2v) is 10.3. The normalized spacial score (nSPS) is 17.4. The standard InChI is InChI=1S/C26H22F6N4O3S/c1-3-20(37)34-4-6-35(7-5-34)24-15-8-16(26(30,31)32)21(14-9-18(28)19(29)10-17(14)27)23-22(15)36(25(38)33-24)13(11-39-2)12-40-23/h3,8-10,13H,1,4-7,11-12H2,2H3. The van der Waals surface area contributed by atoms with Crippen molar-refractivity contribution in [3.63, 3.8) is 0 Å². The number of thioether (sulfide) groups is 1. The van der Waals surface area contributed by atoms with Crippen LogP contribution in [0.15, 0.2) is 40.5 Å². The van der Waals surface area contributed by atoms with Crippen molar-refractivity contribution >= 4 is 34.4 Å². The number of benzene rings is 2. The molecule has 1 fully saturated rings. The first kappa shape index (κ1) is 28.0. The zero-order valence-corrected chi connectivity index (χ0v) is 21.8. The Labute approximate surface area is 228 Å². The lowest BCUT2D eigenvalue weighted by molar-refractivity contribution is -0.137. The van der Waals surface area contributed by atoms with Crippen molar-refractivity contribution in [1.82, 2.24) is 14.5 Å². The Kier molecular flexibility index (Phi) is 7.33. The lowest BCUT2D eigenvalue weighted by Crippen LogP contribution is -2.49. The van der Waals surface area contributed by atoms with Gasteiger partial charge in [-0.2, -0.15) is 18.2 Å². The summed E-state index contributed by atoms with van der Waals surface area (Å²) in [5.74, 6) is -4.70. The third-order valence-corrected chi connectivity index (χ3v) is 8.18. The first-order valence-corrected chi connectivity index (χ1v) is 13.1. The van der Waals surface area contributed by atoms with Gasteiger partial charge in [0.1, 0.15) is 11.6 Å². The van der Waals surface area contributed by atoms with Crippen molar-refractivity contribution in [1.29, 1.82) is 0 Å². The van der Waals surface area contributed by atoms with Gasteiger partial charge < -0.3 is 14.5 Å². The van der Waals surface area contributed by atoms with Gasteiger partial charge in [0.25, 0.3) is 0 Å². The van der Waals surface area contributed by atoms with E-state index in [4.69, 9.17) is 4.74 Å². The summed E-state index contributed by atoms with van der Waals surface area (Å²) < 4.78 is 93.0. The molecule has 1 atom stereocenters. The van der Waals surface area contributed by atoms with E-state index < -0.39 is 52.0 Å². The number of ether oxygens (including phenoxy) is 1. The van der Waals surface area contributed by atoms with Crippen LogP contribution in [-0.4, -0.2) is 66.0 Å². The van der Waals surface area contributed by atoms with Crippen molar-refractivity contribution in [3.8, 4) is 11.1 Å². The Morgan fingerprint density at radius 2 is 1.80 bits per heavy atom. The molecule has 0 spiro atoms. The van der Waals surface area contributed by atoms with Crippen molar-refractivity contribution in [3.05, 3.63) is 64.4 Å². The molecule has 1 amide bonds. The summed E-state index contributed by atoms with van der Waals surface area (Å²) in [6.07, 6.45) is -3.88. The highest BCUT2D eigenvalue weighted by atomic mass is 32.2. The molecule has 1 saturated heterocycles. The van der Waals surface area contributed by atoms with E-state index in [1.807, 2.05) is 0 Å². The van der Waals surface area contributed by atoms with E-state index in [1.54, 1.807) is 4.90 Å². The largest absolute Gasteiger partial charge is 0.417 e. The number of carbonyl (C=O) groups excluding carboxylic acids is 1. The highest BCUT2D eigenvalue weighted by Crippen LogP contribution is 2.50. The predicted molar refractivity (Wildman–Crippen MR) is 137 cm³/mol. The third-order valence-electron chi connectivity index (χ3n) is 6.94. The summed E-state index contributed by atoms with van der Waals surface area (Å²) in [6.45, 7) is 4.28. The van der Waals surface area contributed by atoms with E-state index in [1.165, 1.54) is 16.6 Å². The van der Waals surface area contributed by atoms with Crippen LogP contribution >= 0.6 is 11.8 Å². The van der Waals surface area contributed by atoms with Gasteiger partial charge in [-0.15, -0.1) is 11.8 Å². The zero-order valence-electron chi connectivity index (χ0n) is 21.0. The van der Waals surface area contributed by atoms with Gasteiger partial charge >= 0.3 is 11.9 Å². The van der Waals surface area contributed by atoms with Crippen LogP contribution in [0.3, 0.4) is 0 Å². The van der Waals surface area contributed by atoms with E-state index in [0.717, 1.165) is 23.9 Å². The summed E-state index contributed by atoms with van der Waals surface area (Å²) in [5.41, 5.74) is -3.46. The first-order valence-electron chi connectivity index (χ1n) is 12.1. The molecule has 0 saturated carbocycles. The highest BCUT2D eigenvalue weighted by molar-refractivity contribution is 7.99. The molecule has 0 radical (unpaired) electrons. The number of carbonyl (C=O) groups is 1. The molecule has 2 aliphatic heterocycles. The minimum Gasteiger partial charge on any atom is -0.383 e. The van der Waals surface area contributed by atoms with E-state index in [9.17, 15) is 35.9 Å². The van der Waals surface area contributed by atoms with E-state index in [2.05, 4.69) is 11.6 Å². The Bertz CT molecular complexity index is 1580. The average molecular weight is 585 g/mol. The van der Waals surface area contributed by atoms with E-state index >= 15 is 0 Å². The minimum atomic E-state index is -5.03. The lowest BCUT2D eigenvalue weighted by atomic mass is 9.95. The number of alkyl halides is 3. The van der Waals surface area contributed by atoms with Crippen molar-refractivity contribution in [2.45, 2.75) is 17.1 Å². The first-order chi connectivity index (χ1) is 19.0. The number of rotatable bonds is 5. The maximum Gasteiger partial charge on any atom is 0.417 e. The fourth-order valence-electron chi connectivity index (χ4n) is 5.12. The molecule has 2 aromatic carbocycles. The highest BCUT2D eigenvalue weighted by Gasteiger charge is 2.40. The van der Waals surface area contributed by atoms with Gasteiger partial charge in [-0.3, -0.25) is 9.36 Å². The Morgan fingerprint density at radius 1 is 1.12 bits per heavy atom. The number of anilines is 1. The molecule has 3 aromatic rings. The van der Waals surface area contributed by atoms with Crippen LogP contribution in [0.25, 0.3) is 22.0 Å². The van der Waals surface area contributed by atoms with E-state index in [0.29, 0.717) is 6.07 Å². The molecule has 0 aliphatic carbocycles. The van der Waals surface area contributed by atoms with Gasteiger partial charge in [0.15, 0.2) is 11.6 Å². The molecule has 1 unspecified atom stereocenters. The lowest BCUT2D eigenvalue weighted by Gasteiger charge is -2.36. The van der Waals surface area contributed by atoms with Gasteiger partial charge in [-0.25, -0.2) is 18.0 Å². The number of halogens is 6. The second-order valence-electron chi connectivity index (χ2n) is 9.29. The fourth-order valence-corrected chi connectivity index (χ4v) is 6.43. The molecule has 0 bridgehead atoms. The number of hydrogen-bond donors (Lipinski definition) is 0. The quantitative estimate of drug-likeness (QED) is 0.248. The zero-order chi connectivity index (χ0) is 28.9. The summed E-state index contributed by atoms with van der Waals surface area (Å²) >= 11 is 0.938. The average Bonchev–Trinajstić information content (AvgIpc) is 2.92. The maximum atomic E-state index is 15.0. The van der Waals surface area contributed by atoms with Gasteiger partial charge in [-0.1, -0.05) is 6.58 Å². The van der Waals surface area contributed by atoms with Crippen molar-refractivity contribution in [2.24, 2.45) is 0 Å². The molecule has 3 heterocycles. The number of aromatic nitrogens is 2. The molecule has 2 aliphatic rings. The monoisotopic (exact) mass is 584 g/mol. The van der Waals surface area contributed by atoms with Gasteiger partial charge in [0.2, 0.25) is 5.91 Å². The predicted octanol–water partition coefficient (Wildman–Crippen LogP) is 4.63. The number of piperazine rings is 1. The molecule has 7 nitrogen and oxygen atoms in total. The second kappa shape index (κ2) is 10.5. The molecule has 1 aromatic heterocycles. The molecule has 14 heteroatoms. The van der Waals surface area contributed by atoms with Crippen LogP contribution in [0.1, 0.15) is 11.6 Å². The minimum absolute atomic E-state index is 0.0227. The summed E-state index contributed by atoms with van der Waals surface area (Å²) in [6, 6.07) is 0.739. The molecular formula is C26H22F6N4O3S. The number of nitrogens with zero attached hydrogens (tertiary/aromatic N) is 4. The molecule has 5 rings (SSSR count). The van der Waals surface area contributed by atoms with Gasteiger partial charge in [-0.05, 0) is 18.2 Å². The van der Waals surface area contributed by atoms with Crippen LogP contribution in [-0.2, 0) is 15.7 Å². The fraction of sp³-hybridized carbons (Fsp3) is 0.346. The number of amides is 1. The van der Waals surface area contributed by atoms with Crippen LogP contribution in [0.4, 0.5) is 32.2 Å². The van der Waals surface area contributed by atoms with Crippen LogP contribution < -0.4 is 10.6 Å². The molecule has 40 heavy (non-hydrogen) atoms. The van der Waals surface area contributed by atoms with Crippen molar-refractivity contribution in [2.75, 3.05) is 50.5 Å². The summed E-state index contributed by atoms with van der Waals surface area (Å²) in [7, 11) is 1.41. The Balaban J connectivity index is 1.83. The van der Waals surface area contributed by atoms with Gasteiger partial charge in [0.05, 0.1) is 23.7 Å². The topological polar surface area (TPSA) is 67.7 Å². The number of methoxy groups -OCH3 is 1. The summed E-state index contributed by atoms with van der Waals surface area (Å²) in [5, 5.41) is -0.0227. The van der Waals surface area contributed by atoms with Gasteiger partial charge in [0, 0.05) is 66.5 Å². The maximum absolute atomic E-state index is 15.0.